The third-order valence-corrected chi connectivity index (χ3v) is 6.01. The predicted molar refractivity (Wildman–Crippen MR) is 111 cm³/mol. The van der Waals surface area contributed by atoms with Gasteiger partial charge in [0.15, 0.2) is 5.82 Å². The van der Waals surface area contributed by atoms with Crippen molar-refractivity contribution < 1.29 is 14.5 Å². The summed E-state index contributed by atoms with van der Waals surface area (Å²) >= 11 is 0. The molecule has 0 aliphatic carbocycles. The van der Waals surface area contributed by atoms with Crippen LogP contribution in [0.5, 0.6) is 0 Å². The van der Waals surface area contributed by atoms with Gasteiger partial charge in [-0.25, -0.2) is 0 Å². The summed E-state index contributed by atoms with van der Waals surface area (Å²) in [6.45, 7) is 3.11. The average Bonchev–Trinajstić information content (AvgIpc) is 3.33. The number of nitro groups is 1. The molecule has 2 unspecified atom stereocenters. The second kappa shape index (κ2) is 8.83. The molecule has 10 heteroatoms. The van der Waals surface area contributed by atoms with Gasteiger partial charge in [0.2, 0.25) is 5.91 Å². The Labute approximate surface area is 179 Å². The second-order valence-electron chi connectivity index (χ2n) is 8.13. The molecule has 2 atom stereocenters. The maximum atomic E-state index is 13.2. The van der Waals surface area contributed by atoms with Crippen molar-refractivity contribution in [1.82, 2.24) is 25.0 Å². The molecule has 0 saturated carbocycles. The first-order valence-corrected chi connectivity index (χ1v) is 10.7. The van der Waals surface area contributed by atoms with E-state index in [0.717, 1.165) is 56.7 Å². The number of fused-ring (bicyclic) bond motifs is 1. The van der Waals surface area contributed by atoms with E-state index in [2.05, 4.69) is 20.1 Å². The van der Waals surface area contributed by atoms with Gasteiger partial charge in [-0.1, -0.05) is 12.5 Å². The highest BCUT2D eigenvalue weighted by molar-refractivity contribution is 5.98. The summed E-state index contributed by atoms with van der Waals surface area (Å²) in [6.07, 6.45) is 5.93. The molecule has 0 radical (unpaired) electrons. The van der Waals surface area contributed by atoms with Crippen LogP contribution in [0.25, 0.3) is 0 Å². The number of carbonyl (C=O) groups excluding carboxylic acids is 2. The van der Waals surface area contributed by atoms with Crippen LogP contribution in [0.1, 0.15) is 67.1 Å². The number of nitro benzene ring substituents is 1. The van der Waals surface area contributed by atoms with Crippen molar-refractivity contribution in [2.45, 2.75) is 64.1 Å². The average molecular weight is 426 g/mol. The molecular weight excluding hydrogens is 400 g/mol. The fraction of sp³-hybridized carbons (Fsp3) is 0.524. The molecule has 10 nitrogen and oxygen atoms in total. The van der Waals surface area contributed by atoms with E-state index < -0.39 is 16.9 Å². The predicted octanol–water partition coefficient (Wildman–Crippen LogP) is 2.39. The molecule has 1 aromatic heterocycles. The van der Waals surface area contributed by atoms with Gasteiger partial charge in [0.1, 0.15) is 11.9 Å². The molecule has 164 valence electrons. The number of rotatable bonds is 5. The smallest absolute Gasteiger partial charge is 0.270 e. The first-order valence-electron chi connectivity index (χ1n) is 10.7. The third-order valence-electron chi connectivity index (χ3n) is 6.01. The Bertz CT molecular complexity index is 1000. The first-order chi connectivity index (χ1) is 15.0. The van der Waals surface area contributed by atoms with E-state index in [1.54, 1.807) is 11.8 Å². The van der Waals surface area contributed by atoms with Gasteiger partial charge >= 0.3 is 0 Å². The lowest BCUT2D eigenvalue weighted by atomic mass is 10.1. The summed E-state index contributed by atoms with van der Waals surface area (Å²) < 4.78 is 2.16. The fourth-order valence-electron chi connectivity index (χ4n) is 4.40. The van der Waals surface area contributed by atoms with Crippen LogP contribution in [0.2, 0.25) is 0 Å². The Kier molecular flexibility index (Phi) is 5.97. The van der Waals surface area contributed by atoms with Crippen molar-refractivity contribution in [3.05, 3.63) is 51.6 Å². The number of carbonyl (C=O) groups is 2. The van der Waals surface area contributed by atoms with E-state index in [1.165, 1.54) is 24.3 Å². The largest absolute Gasteiger partial charge is 0.341 e. The van der Waals surface area contributed by atoms with Gasteiger partial charge in [-0.15, -0.1) is 10.2 Å². The zero-order valence-electron chi connectivity index (χ0n) is 17.5. The van der Waals surface area contributed by atoms with Gasteiger partial charge in [-0.2, -0.15) is 0 Å². The highest BCUT2D eigenvalue weighted by atomic mass is 16.6. The molecule has 1 fully saturated rings. The highest BCUT2D eigenvalue weighted by Crippen LogP contribution is 2.32. The number of likely N-dealkylation sites (tertiary alicyclic amines) is 1. The molecule has 3 heterocycles. The molecule has 31 heavy (non-hydrogen) atoms. The van der Waals surface area contributed by atoms with Crippen LogP contribution >= 0.6 is 0 Å². The van der Waals surface area contributed by atoms with Crippen molar-refractivity contribution in [2.75, 3.05) is 6.54 Å². The Morgan fingerprint density at radius 2 is 2.03 bits per heavy atom. The van der Waals surface area contributed by atoms with Crippen LogP contribution in [0.4, 0.5) is 5.69 Å². The van der Waals surface area contributed by atoms with Crippen molar-refractivity contribution in [1.29, 1.82) is 0 Å². The topological polar surface area (TPSA) is 123 Å². The van der Waals surface area contributed by atoms with Gasteiger partial charge < -0.3 is 14.8 Å². The minimum atomic E-state index is -0.765. The van der Waals surface area contributed by atoms with Crippen LogP contribution in [0.15, 0.2) is 24.3 Å². The fourth-order valence-corrected chi connectivity index (χ4v) is 4.40. The van der Waals surface area contributed by atoms with Gasteiger partial charge in [-0.05, 0) is 38.7 Å². The van der Waals surface area contributed by atoms with Crippen LogP contribution in [-0.2, 0) is 17.8 Å². The maximum Gasteiger partial charge on any atom is 0.270 e. The van der Waals surface area contributed by atoms with E-state index in [-0.39, 0.29) is 23.2 Å². The van der Waals surface area contributed by atoms with E-state index in [4.69, 9.17) is 0 Å². The van der Waals surface area contributed by atoms with Gasteiger partial charge in [0, 0.05) is 37.2 Å². The third kappa shape index (κ3) is 4.28. The molecule has 4 rings (SSSR count). The van der Waals surface area contributed by atoms with E-state index in [1.807, 2.05) is 0 Å². The Morgan fingerprint density at radius 1 is 1.19 bits per heavy atom. The molecule has 2 aromatic rings. The Hall–Kier alpha value is -3.30. The molecule has 0 spiro atoms. The highest BCUT2D eigenvalue weighted by Gasteiger charge is 2.36. The number of nitrogens with zero attached hydrogens (tertiary/aromatic N) is 5. The van der Waals surface area contributed by atoms with Crippen molar-refractivity contribution >= 4 is 17.5 Å². The number of amides is 2. The quantitative estimate of drug-likeness (QED) is 0.578. The van der Waals surface area contributed by atoms with E-state index in [0.29, 0.717) is 6.54 Å². The Balaban J connectivity index is 1.47. The van der Waals surface area contributed by atoms with Crippen molar-refractivity contribution in [3.8, 4) is 0 Å². The van der Waals surface area contributed by atoms with Gasteiger partial charge in [-0.3, -0.25) is 19.7 Å². The Morgan fingerprint density at radius 3 is 2.84 bits per heavy atom. The number of aryl methyl sites for hydroxylation is 1. The van der Waals surface area contributed by atoms with E-state index >= 15 is 0 Å². The minimum Gasteiger partial charge on any atom is -0.341 e. The number of hydrogen-bond acceptors (Lipinski definition) is 6. The lowest BCUT2D eigenvalue weighted by Crippen LogP contribution is -2.47. The van der Waals surface area contributed by atoms with Crippen LogP contribution < -0.4 is 5.32 Å². The summed E-state index contributed by atoms with van der Waals surface area (Å²) in [5.74, 6) is 1.11. The minimum absolute atomic E-state index is 0.148. The first kappa shape index (κ1) is 21.0. The molecule has 2 amide bonds. The molecule has 2 aliphatic rings. The molecule has 2 aliphatic heterocycles. The van der Waals surface area contributed by atoms with Crippen molar-refractivity contribution in [2.24, 2.45) is 0 Å². The number of hydrogen-bond donors (Lipinski definition) is 1. The summed E-state index contributed by atoms with van der Waals surface area (Å²) in [5.41, 5.74) is -0.0201. The molecular formula is C21H26N6O4. The summed E-state index contributed by atoms with van der Waals surface area (Å²) in [4.78, 5) is 37.9. The number of aromatic nitrogens is 3. The number of nitrogens with one attached hydrogen (secondary N) is 1. The lowest BCUT2D eigenvalue weighted by Gasteiger charge is -2.27. The monoisotopic (exact) mass is 426 g/mol. The summed E-state index contributed by atoms with van der Waals surface area (Å²) in [7, 11) is 0. The second-order valence-corrected chi connectivity index (χ2v) is 8.13. The molecule has 0 bridgehead atoms. The molecule has 1 saturated heterocycles. The van der Waals surface area contributed by atoms with Crippen molar-refractivity contribution in [3.63, 3.8) is 0 Å². The zero-order chi connectivity index (χ0) is 22.0. The zero-order valence-corrected chi connectivity index (χ0v) is 17.5. The molecule has 1 aromatic carbocycles. The summed E-state index contributed by atoms with van der Waals surface area (Å²) in [5, 5.41) is 22.4. The van der Waals surface area contributed by atoms with Gasteiger partial charge in [0.05, 0.1) is 11.0 Å². The molecule has 1 N–H and O–H groups in total. The van der Waals surface area contributed by atoms with Crippen LogP contribution in [0.3, 0.4) is 0 Å². The number of non-ortho nitro benzene ring substituents is 1. The van der Waals surface area contributed by atoms with Gasteiger partial charge in [0.25, 0.3) is 11.6 Å². The number of benzene rings is 1. The van der Waals surface area contributed by atoms with Crippen LogP contribution in [0, 0.1) is 10.1 Å². The lowest BCUT2D eigenvalue weighted by molar-refractivity contribution is -0.384. The SMILES string of the molecule is CC(NC(=O)c1cccc([N+](=O)[O-])c1)C(=O)N1CCCC1c1nnc2n1CCCCC2. The standard InChI is InChI=1S/C21H26N6O4/c1-14(22-20(28)15-7-5-8-16(13-15)27(30)31)21(29)25-12-6-9-17(25)19-24-23-18-10-3-2-4-11-26(18)19/h5,7-8,13-14,17H,2-4,6,9-12H2,1H3,(H,22,28). The maximum absolute atomic E-state index is 13.2. The van der Waals surface area contributed by atoms with E-state index in [9.17, 15) is 19.7 Å². The normalized spacial score (nSPS) is 19.4. The summed E-state index contributed by atoms with van der Waals surface area (Å²) in [6, 6.07) is 4.55. The van der Waals surface area contributed by atoms with Crippen LogP contribution in [-0.4, -0.2) is 49.0 Å².